The molecule has 0 N–H and O–H groups in total. The van der Waals surface area contributed by atoms with Crippen molar-refractivity contribution in [3.8, 4) is 0 Å². The van der Waals surface area contributed by atoms with Crippen LogP contribution >= 0.6 is 0 Å². The second-order valence-electron chi connectivity index (χ2n) is 9.39. The molecule has 3 unspecified atom stereocenters. The summed E-state index contributed by atoms with van der Waals surface area (Å²) in [5.41, 5.74) is 1.74. The predicted molar refractivity (Wildman–Crippen MR) is 96.9 cm³/mol. The van der Waals surface area contributed by atoms with Gasteiger partial charge in [0.1, 0.15) is 11.9 Å². The van der Waals surface area contributed by atoms with Crippen LogP contribution in [0.15, 0.2) is 11.6 Å². The van der Waals surface area contributed by atoms with Gasteiger partial charge in [-0.15, -0.1) is 0 Å². The number of carbonyl (C=O) groups is 2. The molecule has 25 heavy (non-hydrogen) atoms. The highest BCUT2D eigenvalue weighted by Gasteiger charge is 2.58. The summed E-state index contributed by atoms with van der Waals surface area (Å²) in [7, 11) is 0. The minimum Gasteiger partial charge on any atom is -0.462 e. The normalized spacial score (nSPS) is 45.9. The van der Waals surface area contributed by atoms with Crippen molar-refractivity contribution in [1.82, 2.24) is 0 Å². The molecule has 138 valence electrons. The summed E-state index contributed by atoms with van der Waals surface area (Å²) in [6.07, 6.45) is 11.3. The number of allylic oxidation sites excluding steroid dienone is 1. The highest BCUT2D eigenvalue weighted by molar-refractivity contribution is 5.87. The summed E-state index contributed by atoms with van der Waals surface area (Å²) in [6, 6.07) is 0. The summed E-state index contributed by atoms with van der Waals surface area (Å²) < 4.78 is 5.65. The lowest BCUT2D eigenvalue weighted by Gasteiger charge is -2.56. The molecule has 6 atom stereocenters. The fourth-order valence-electron chi connectivity index (χ4n) is 6.77. The Bertz CT molecular complexity index is 621. The summed E-state index contributed by atoms with van der Waals surface area (Å²) in [6.45, 7) is 6.56. The molecule has 3 nitrogen and oxygen atoms in total. The number of hydrogen-bond donors (Lipinski definition) is 0. The Balaban J connectivity index is 1.56. The third-order valence-electron chi connectivity index (χ3n) is 8.35. The van der Waals surface area contributed by atoms with Gasteiger partial charge in [0.2, 0.25) is 0 Å². The van der Waals surface area contributed by atoms with Gasteiger partial charge in [0.15, 0.2) is 0 Å². The molecule has 0 aromatic heterocycles. The summed E-state index contributed by atoms with van der Waals surface area (Å²) in [5.74, 6) is 2.42. The van der Waals surface area contributed by atoms with E-state index in [9.17, 15) is 9.59 Å². The van der Waals surface area contributed by atoms with Gasteiger partial charge in [0.25, 0.3) is 0 Å². The van der Waals surface area contributed by atoms with Crippen molar-refractivity contribution in [2.24, 2.45) is 28.6 Å². The zero-order valence-corrected chi connectivity index (χ0v) is 16.0. The zero-order chi connectivity index (χ0) is 17.8. The first-order chi connectivity index (χ1) is 11.9. The van der Waals surface area contributed by atoms with Crippen LogP contribution in [0.3, 0.4) is 0 Å². The molecule has 0 heterocycles. The Morgan fingerprint density at radius 1 is 1.16 bits per heavy atom. The monoisotopic (exact) mass is 344 g/mol. The first-order valence-electron chi connectivity index (χ1n) is 10.3. The van der Waals surface area contributed by atoms with Gasteiger partial charge < -0.3 is 4.74 Å². The predicted octanol–water partition coefficient (Wildman–Crippen LogP) is 4.84. The van der Waals surface area contributed by atoms with Crippen molar-refractivity contribution in [2.45, 2.75) is 84.7 Å². The number of Topliss-reactive ketones (excluding diaryl/α,β-unsaturated/α-hetero) is 1. The molecule has 0 spiro atoms. The number of ketones is 1. The van der Waals surface area contributed by atoms with Crippen molar-refractivity contribution in [3.05, 3.63) is 11.6 Å². The molecule has 0 radical (unpaired) electrons. The molecule has 4 aliphatic carbocycles. The van der Waals surface area contributed by atoms with E-state index in [1.54, 1.807) is 0 Å². The van der Waals surface area contributed by atoms with Crippen LogP contribution < -0.4 is 0 Å². The largest absolute Gasteiger partial charge is 0.462 e. The Hall–Kier alpha value is -1.12. The van der Waals surface area contributed by atoms with E-state index in [1.165, 1.54) is 12.0 Å². The van der Waals surface area contributed by atoms with Crippen molar-refractivity contribution in [2.75, 3.05) is 0 Å². The van der Waals surface area contributed by atoms with Crippen molar-refractivity contribution in [3.63, 3.8) is 0 Å². The standard InChI is InChI=1S/C22H32O3/c1-4-20(24)25-15-9-11-21(2)14(13-15)5-6-16-17-7-8-19(23)22(17,3)12-10-18(16)21/h5,15-18H,4,6-13H2,1-3H3/t15-,16?,17?,18?,21-,22-/m0/s1. The number of hydrogen-bond acceptors (Lipinski definition) is 3. The number of rotatable bonds is 2. The molecule has 0 amide bonds. The number of esters is 1. The van der Waals surface area contributed by atoms with Crippen molar-refractivity contribution < 1.29 is 14.3 Å². The second kappa shape index (κ2) is 5.96. The van der Waals surface area contributed by atoms with Crippen molar-refractivity contribution >= 4 is 11.8 Å². The van der Waals surface area contributed by atoms with Crippen LogP contribution in [-0.2, 0) is 14.3 Å². The molecule has 0 bridgehead atoms. The van der Waals surface area contributed by atoms with Gasteiger partial charge in [-0.05, 0) is 61.7 Å². The van der Waals surface area contributed by atoms with Gasteiger partial charge >= 0.3 is 5.97 Å². The number of carbonyl (C=O) groups excluding carboxylic acids is 2. The molecule has 3 fully saturated rings. The van der Waals surface area contributed by atoms with Crippen LogP contribution in [0.5, 0.6) is 0 Å². The molecule has 0 saturated heterocycles. The molecule has 4 rings (SSSR count). The minimum absolute atomic E-state index is 0.0449. The molecular weight excluding hydrogens is 312 g/mol. The average molecular weight is 344 g/mol. The molecule has 3 saturated carbocycles. The quantitative estimate of drug-likeness (QED) is 0.532. The third kappa shape index (κ3) is 2.52. The molecule has 4 aliphatic rings. The molecule has 0 aromatic rings. The maximum atomic E-state index is 12.5. The van der Waals surface area contributed by atoms with Gasteiger partial charge in [-0.2, -0.15) is 0 Å². The SMILES string of the molecule is CCC(=O)O[C@H]1CC[C@@]2(C)C(=CCC3C2CC[C@]2(C)C(=O)CCC32)C1. The van der Waals surface area contributed by atoms with Crippen LogP contribution in [0, 0.1) is 28.6 Å². The first-order valence-corrected chi connectivity index (χ1v) is 10.3. The lowest BCUT2D eigenvalue weighted by atomic mass is 9.48. The van der Waals surface area contributed by atoms with Gasteiger partial charge in [0.05, 0.1) is 0 Å². The summed E-state index contributed by atoms with van der Waals surface area (Å²) in [4.78, 5) is 24.1. The van der Waals surface area contributed by atoms with Gasteiger partial charge in [-0.25, -0.2) is 0 Å². The molecule has 0 aromatic carbocycles. The Morgan fingerprint density at radius 3 is 2.64 bits per heavy atom. The fourth-order valence-corrected chi connectivity index (χ4v) is 6.77. The van der Waals surface area contributed by atoms with E-state index in [1.807, 2.05) is 6.92 Å². The molecular formula is C22H32O3. The van der Waals surface area contributed by atoms with Crippen molar-refractivity contribution in [1.29, 1.82) is 0 Å². The first kappa shape index (κ1) is 17.3. The van der Waals surface area contributed by atoms with E-state index in [0.29, 0.717) is 30.0 Å². The van der Waals surface area contributed by atoms with Gasteiger partial charge in [-0.3, -0.25) is 9.59 Å². The Morgan fingerprint density at radius 2 is 1.88 bits per heavy atom. The Kier molecular flexibility index (Phi) is 4.12. The highest BCUT2D eigenvalue weighted by atomic mass is 16.5. The summed E-state index contributed by atoms with van der Waals surface area (Å²) in [5, 5.41) is 0. The highest BCUT2D eigenvalue weighted by Crippen LogP contribution is 2.64. The minimum atomic E-state index is -0.0687. The smallest absolute Gasteiger partial charge is 0.305 e. The van der Waals surface area contributed by atoms with Crippen LogP contribution in [0.25, 0.3) is 0 Å². The van der Waals surface area contributed by atoms with Crippen LogP contribution in [0.2, 0.25) is 0 Å². The lowest BCUT2D eigenvalue weighted by Crippen LogP contribution is -2.50. The van der Waals surface area contributed by atoms with E-state index in [2.05, 4.69) is 19.9 Å². The van der Waals surface area contributed by atoms with E-state index < -0.39 is 0 Å². The maximum absolute atomic E-state index is 12.5. The van der Waals surface area contributed by atoms with Crippen LogP contribution in [0.1, 0.15) is 78.6 Å². The van der Waals surface area contributed by atoms with E-state index in [-0.39, 0.29) is 22.9 Å². The number of ether oxygens (including phenoxy) is 1. The fraction of sp³-hybridized carbons (Fsp3) is 0.818. The second-order valence-corrected chi connectivity index (χ2v) is 9.39. The molecule has 3 heteroatoms. The van der Waals surface area contributed by atoms with Gasteiger partial charge in [0, 0.05) is 24.7 Å². The maximum Gasteiger partial charge on any atom is 0.305 e. The van der Waals surface area contributed by atoms with E-state index >= 15 is 0 Å². The van der Waals surface area contributed by atoms with Gasteiger partial charge in [-0.1, -0.05) is 32.4 Å². The van der Waals surface area contributed by atoms with Crippen LogP contribution in [0.4, 0.5) is 0 Å². The number of fused-ring (bicyclic) bond motifs is 5. The topological polar surface area (TPSA) is 43.4 Å². The lowest BCUT2D eigenvalue weighted by molar-refractivity contribution is -0.151. The molecule has 0 aliphatic heterocycles. The third-order valence-corrected chi connectivity index (χ3v) is 8.35. The van der Waals surface area contributed by atoms with E-state index in [0.717, 1.165) is 44.9 Å². The Labute approximate surface area is 151 Å². The van der Waals surface area contributed by atoms with E-state index in [4.69, 9.17) is 4.74 Å². The zero-order valence-electron chi connectivity index (χ0n) is 16.0. The van der Waals surface area contributed by atoms with Crippen LogP contribution in [-0.4, -0.2) is 17.9 Å². The average Bonchev–Trinajstić information content (AvgIpc) is 2.90. The summed E-state index contributed by atoms with van der Waals surface area (Å²) >= 11 is 0.